The molecule has 3 aromatic rings. The Bertz CT molecular complexity index is 891. The predicted molar refractivity (Wildman–Crippen MR) is 107 cm³/mol. The fourth-order valence-electron chi connectivity index (χ4n) is 2.68. The van der Waals surface area contributed by atoms with Crippen LogP contribution in [-0.2, 0) is 6.42 Å². The Morgan fingerprint density at radius 1 is 0.923 bits per heavy atom. The van der Waals surface area contributed by atoms with Crippen molar-refractivity contribution in [1.82, 2.24) is 4.98 Å². The van der Waals surface area contributed by atoms with Crippen molar-refractivity contribution >= 4 is 17.3 Å². The van der Waals surface area contributed by atoms with E-state index in [-0.39, 0.29) is 5.91 Å². The molecule has 0 radical (unpaired) electrons. The van der Waals surface area contributed by atoms with Crippen molar-refractivity contribution in [3.63, 3.8) is 0 Å². The number of carbonyl (C=O) groups excluding carboxylic acids is 1. The first kappa shape index (κ1) is 17.7. The van der Waals surface area contributed by atoms with Crippen LogP contribution >= 0.6 is 0 Å². The van der Waals surface area contributed by atoms with Crippen LogP contribution in [0.15, 0.2) is 67.0 Å². The van der Waals surface area contributed by atoms with Gasteiger partial charge in [0.05, 0.1) is 11.3 Å². The van der Waals surface area contributed by atoms with E-state index < -0.39 is 0 Å². The first-order valence-corrected chi connectivity index (χ1v) is 8.73. The normalized spacial score (nSPS) is 10.4. The molecule has 0 unspecified atom stereocenters. The number of rotatable bonds is 6. The average Bonchev–Trinajstić information content (AvgIpc) is 2.66. The van der Waals surface area contributed by atoms with Crippen LogP contribution in [0.4, 0.5) is 11.4 Å². The smallest absolute Gasteiger partial charge is 0.257 e. The van der Waals surface area contributed by atoms with E-state index in [9.17, 15) is 4.79 Å². The maximum atomic E-state index is 12.5. The molecule has 2 aromatic carbocycles. The molecule has 0 saturated heterocycles. The lowest BCUT2D eigenvalue weighted by atomic mass is 10.1. The molecular weight excluding hydrogens is 322 g/mol. The summed E-state index contributed by atoms with van der Waals surface area (Å²) in [5.74, 6) is -0.160. The van der Waals surface area contributed by atoms with E-state index in [1.54, 1.807) is 12.4 Å². The van der Waals surface area contributed by atoms with Gasteiger partial charge in [0.15, 0.2) is 0 Å². The number of anilines is 2. The maximum absolute atomic E-state index is 12.5. The number of pyridine rings is 1. The highest BCUT2D eigenvalue weighted by Crippen LogP contribution is 2.16. The van der Waals surface area contributed by atoms with Gasteiger partial charge in [0.25, 0.3) is 5.91 Å². The Morgan fingerprint density at radius 3 is 2.50 bits per heavy atom. The lowest BCUT2D eigenvalue weighted by molar-refractivity contribution is 0.102. The Labute approximate surface area is 154 Å². The van der Waals surface area contributed by atoms with Gasteiger partial charge >= 0.3 is 0 Å². The number of aromatic nitrogens is 1. The predicted octanol–water partition coefficient (Wildman–Crippen LogP) is 4.61. The van der Waals surface area contributed by atoms with Crippen LogP contribution in [0.2, 0.25) is 0 Å². The molecule has 0 bridgehead atoms. The van der Waals surface area contributed by atoms with Crippen LogP contribution in [0, 0.1) is 13.8 Å². The Balaban J connectivity index is 1.60. The summed E-state index contributed by atoms with van der Waals surface area (Å²) in [5.41, 5.74) is 5.80. The molecule has 26 heavy (non-hydrogen) atoms. The minimum Gasteiger partial charge on any atom is -0.383 e. The van der Waals surface area contributed by atoms with Gasteiger partial charge < -0.3 is 10.6 Å². The summed E-state index contributed by atoms with van der Waals surface area (Å²) in [5, 5.41) is 6.26. The topological polar surface area (TPSA) is 54.0 Å². The number of carbonyl (C=O) groups is 1. The molecule has 132 valence electrons. The van der Waals surface area contributed by atoms with Gasteiger partial charge in [-0.3, -0.25) is 9.78 Å². The highest BCUT2D eigenvalue weighted by molar-refractivity contribution is 6.04. The number of nitrogens with zero attached hydrogens (tertiary/aromatic N) is 1. The van der Waals surface area contributed by atoms with Gasteiger partial charge in [-0.25, -0.2) is 0 Å². The molecule has 3 rings (SSSR count). The van der Waals surface area contributed by atoms with Gasteiger partial charge in [-0.05, 0) is 55.2 Å². The van der Waals surface area contributed by atoms with E-state index in [4.69, 9.17) is 0 Å². The van der Waals surface area contributed by atoms with Crippen molar-refractivity contribution in [3.8, 4) is 0 Å². The third-order valence-corrected chi connectivity index (χ3v) is 4.35. The SMILES string of the molecule is Cc1ccc(NC(=O)c2cncc(NCCc3ccccc3)c2)cc1C. The molecular formula is C22H23N3O. The molecule has 4 nitrogen and oxygen atoms in total. The number of aryl methyl sites for hydroxylation is 2. The second-order valence-corrected chi connectivity index (χ2v) is 6.38. The van der Waals surface area contributed by atoms with Crippen LogP contribution in [0.25, 0.3) is 0 Å². The van der Waals surface area contributed by atoms with Crippen LogP contribution in [-0.4, -0.2) is 17.4 Å². The fraction of sp³-hybridized carbons (Fsp3) is 0.182. The second kappa shape index (κ2) is 8.30. The van der Waals surface area contributed by atoms with Gasteiger partial charge in [0.2, 0.25) is 0 Å². The average molecular weight is 345 g/mol. The van der Waals surface area contributed by atoms with Crippen molar-refractivity contribution in [2.24, 2.45) is 0 Å². The molecule has 0 atom stereocenters. The van der Waals surface area contributed by atoms with E-state index in [0.29, 0.717) is 5.56 Å². The minimum atomic E-state index is -0.160. The summed E-state index contributed by atoms with van der Waals surface area (Å²) >= 11 is 0. The molecule has 1 aromatic heterocycles. The third-order valence-electron chi connectivity index (χ3n) is 4.35. The highest BCUT2D eigenvalue weighted by Gasteiger charge is 2.08. The lowest BCUT2D eigenvalue weighted by Crippen LogP contribution is -2.13. The first-order valence-electron chi connectivity index (χ1n) is 8.73. The van der Waals surface area contributed by atoms with E-state index in [2.05, 4.69) is 34.7 Å². The van der Waals surface area contributed by atoms with Crippen molar-refractivity contribution < 1.29 is 4.79 Å². The van der Waals surface area contributed by atoms with E-state index >= 15 is 0 Å². The molecule has 1 heterocycles. The van der Waals surface area contributed by atoms with E-state index in [0.717, 1.165) is 29.9 Å². The van der Waals surface area contributed by atoms with Gasteiger partial charge in [-0.15, -0.1) is 0 Å². The third kappa shape index (κ3) is 4.70. The standard InChI is InChI=1S/C22H23N3O/c1-16-8-9-20(12-17(16)2)25-22(26)19-13-21(15-23-14-19)24-11-10-18-6-4-3-5-7-18/h3-9,12-15,24H,10-11H2,1-2H3,(H,25,26). The Morgan fingerprint density at radius 2 is 1.73 bits per heavy atom. The van der Waals surface area contributed by atoms with Gasteiger partial charge in [-0.2, -0.15) is 0 Å². The summed E-state index contributed by atoms with van der Waals surface area (Å²) in [6.07, 6.45) is 4.23. The zero-order valence-corrected chi connectivity index (χ0v) is 15.1. The second-order valence-electron chi connectivity index (χ2n) is 6.38. The molecule has 0 fully saturated rings. The van der Waals surface area contributed by atoms with E-state index in [1.165, 1.54) is 11.1 Å². The molecule has 0 spiro atoms. The van der Waals surface area contributed by atoms with Crippen molar-refractivity contribution in [2.75, 3.05) is 17.2 Å². The molecule has 0 aliphatic rings. The number of nitrogens with one attached hydrogen (secondary N) is 2. The summed E-state index contributed by atoms with van der Waals surface area (Å²) in [7, 11) is 0. The van der Waals surface area contributed by atoms with Crippen LogP contribution in [0.3, 0.4) is 0 Å². The monoisotopic (exact) mass is 345 g/mol. The first-order chi connectivity index (χ1) is 12.6. The number of hydrogen-bond acceptors (Lipinski definition) is 3. The summed E-state index contributed by atoms with van der Waals surface area (Å²) < 4.78 is 0. The van der Waals surface area contributed by atoms with Crippen LogP contribution in [0.1, 0.15) is 27.0 Å². The number of benzene rings is 2. The Hall–Kier alpha value is -3.14. The van der Waals surface area contributed by atoms with Gasteiger partial charge in [-0.1, -0.05) is 36.4 Å². The quantitative estimate of drug-likeness (QED) is 0.686. The number of hydrogen-bond donors (Lipinski definition) is 2. The highest BCUT2D eigenvalue weighted by atomic mass is 16.1. The molecule has 0 aliphatic heterocycles. The molecule has 0 saturated carbocycles. The minimum absolute atomic E-state index is 0.160. The van der Waals surface area contributed by atoms with E-state index in [1.807, 2.05) is 49.4 Å². The van der Waals surface area contributed by atoms with Crippen molar-refractivity contribution in [3.05, 3.63) is 89.2 Å². The maximum Gasteiger partial charge on any atom is 0.257 e. The van der Waals surface area contributed by atoms with Crippen molar-refractivity contribution in [2.45, 2.75) is 20.3 Å². The summed E-state index contributed by atoms with van der Waals surface area (Å²) in [4.78, 5) is 16.7. The van der Waals surface area contributed by atoms with Crippen molar-refractivity contribution in [1.29, 1.82) is 0 Å². The fourth-order valence-corrected chi connectivity index (χ4v) is 2.68. The van der Waals surface area contributed by atoms with Gasteiger partial charge in [0.1, 0.15) is 0 Å². The molecule has 1 amide bonds. The molecule has 2 N–H and O–H groups in total. The summed E-state index contributed by atoms with van der Waals surface area (Å²) in [6.45, 7) is 4.87. The van der Waals surface area contributed by atoms with Gasteiger partial charge in [0, 0.05) is 24.6 Å². The zero-order valence-electron chi connectivity index (χ0n) is 15.1. The van der Waals surface area contributed by atoms with Crippen LogP contribution in [0.5, 0.6) is 0 Å². The largest absolute Gasteiger partial charge is 0.383 e. The molecule has 0 aliphatic carbocycles. The van der Waals surface area contributed by atoms with Crippen LogP contribution < -0.4 is 10.6 Å². The Kier molecular flexibility index (Phi) is 5.64. The number of amides is 1. The summed E-state index contributed by atoms with van der Waals surface area (Å²) in [6, 6.07) is 18.0. The lowest BCUT2D eigenvalue weighted by Gasteiger charge is -2.10. The zero-order chi connectivity index (χ0) is 18.4. The molecule has 4 heteroatoms.